The number of nitrogens with zero attached hydrogens (tertiary/aromatic N) is 4. The van der Waals surface area contributed by atoms with E-state index in [1.54, 1.807) is 16.0 Å². The smallest absolute Gasteiger partial charge is 0.269 e. The highest BCUT2D eigenvalue weighted by atomic mass is 32.1. The summed E-state index contributed by atoms with van der Waals surface area (Å²) in [5, 5.41) is 10.7. The standard InChI is InChI=1S/C20H23N5OS/c1-24-18(12-17(23-24)16-7-3-2-4-8-16)19(26)22-13-15-6-5-10-25(14-15)20-21-9-11-27-20/h2-4,7-9,11-12,15H,5-6,10,13-14H2,1H3,(H,22,26). The molecule has 4 rings (SSSR count). The van der Waals surface area contributed by atoms with E-state index in [0.717, 1.165) is 42.3 Å². The van der Waals surface area contributed by atoms with Crippen molar-refractivity contribution in [3.8, 4) is 11.3 Å². The molecule has 0 spiro atoms. The molecule has 1 saturated heterocycles. The van der Waals surface area contributed by atoms with Gasteiger partial charge in [-0.1, -0.05) is 30.3 Å². The molecule has 0 aliphatic carbocycles. The molecule has 0 saturated carbocycles. The Balaban J connectivity index is 1.37. The van der Waals surface area contributed by atoms with E-state index in [1.807, 2.05) is 55.0 Å². The van der Waals surface area contributed by atoms with Crippen LogP contribution in [0.3, 0.4) is 0 Å². The van der Waals surface area contributed by atoms with Crippen molar-refractivity contribution in [1.82, 2.24) is 20.1 Å². The third-order valence-electron chi connectivity index (χ3n) is 4.94. The molecule has 1 aliphatic rings. The fourth-order valence-corrected chi connectivity index (χ4v) is 4.21. The molecule has 1 unspecified atom stereocenters. The molecule has 1 aliphatic heterocycles. The second-order valence-electron chi connectivity index (χ2n) is 6.88. The quantitative estimate of drug-likeness (QED) is 0.737. The minimum atomic E-state index is -0.0708. The number of thiazole rings is 1. The lowest BCUT2D eigenvalue weighted by Crippen LogP contribution is -2.41. The molecule has 2 aromatic heterocycles. The molecule has 1 atom stereocenters. The van der Waals surface area contributed by atoms with E-state index in [4.69, 9.17) is 0 Å². The van der Waals surface area contributed by atoms with Gasteiger partial charge in [0.2, 0.25) is 0 Å². The number of amides is 1. The lowest BCUT2D eigenvalue weighted by atomic mass is 9.98. The highest BCUT2D eigenvalue weighted by Crippen LogP contribution is 2.24. The topological polar surface area (TPSA) is 63.1 Å². The Kier molecular flexibility index (Phi) is 5.20. The Morgan fingerprint density at radius 1 is 1.33 bits per heavy atom. The number of anilines is 1. The van der Waals surface area contributed by atoms with Crippen LogP contribution in [0.1, 0.15) is 23.3 Å². The monoisotopic (exact) mass is 381 g/mol. The number of nitrogens with one attached hydrogen (secondary N) is 1. The summed E-state index contributed by atoms with van der Waals surface area (Å²) in [4.78, 5) is 19.4. The predicted molar refractivity (Wildman–Crippen MR) is 108 cm³/mol. The molecule has 0 radical (unpaired) electrons. The first kappa shape index (κ1) is 17.7. The van der Waals surface area contributed by atoms with E-state index in [1.165, 1.54) is 0 Å². The van der Waals surface area contributed by atoms with Gasteiger partial charge in [-0.25, -0.2) is 4.98 Å². The summed E-state index contributed by atoms with van der Waals surface area (Å²) in [6.45, 7) is 2.65. The predicted octanol–water partition coefficient (Wildman–Crippen LogP) is 3.19. The van der Waals surface area contributed by atoms with Crippen LogP contribution in [0.25, 0.3) is 11.3 Å². The Labute approximate surface area is 162 Å². The second-order valence-corrected chi connectivity index (χ2v) is 7.76. The van der Waals surface area contributed by atoms with Gasteiger partial charge in [-0.3, -0.25) is 9.48 Å². The highest BCUT2D eigenvalue weighted by Gasteiger charge is 2.23. The summed E-state index contributed by atoms with van der Waals surface area (Å²) < 4.78 is 1.65. The molecule has 0 bridgehead atoms. The number of hydrogen-bond acceptors (Lipinski definition) is 5. The Bertz CT molecular complexity index is 891. The summed E-state index contributed by atoms with van der Waals surface area (Å²) in [5.41, 5.74) is 2.41. The minimum absolute atomic E-state index is 0.0708. The van der Waals surface area contributed by atoms with Gasteiger partial charge in [-0.05, 0) is 24.8 Å². The van der Waals surface area contributed by atoms with Crippen LogP contribution in [0, 0.1) is 5.92 Å². The second kappa shape index (κ2) is 7.92. The zero-order chi connectivity index (χ0) is 18.6. The van der Waals surface area contributed by atoms with E-state index in [-0.39, 0.29) is 5.91 Å². The zero-order valence-electron chi connectivity index (χ0n) is 15.3. The SMILES string of the molecule is Cn1nc(-c2ccccc2)cc1C(=O)NCC1CCCN(c2nccs2)C1. The van der Waals surface area contributed by atoms with Gasteiger partial charge < -0.3 is 10.2 Å². The molecule has 27 heavy (non-hydrogen) atoms. The third kappa shape index (κ3) is 4.03. The number of benzene rings is 1. The fraction of sp³-hybridized carbons (Fsp3) is 0.350. The number of carbonyl (C=O) groups excluding carboxylic acids is 1. The molecular formula is C20H23N5OS. The maximum Gasteiger partial charge on any atom is 0.269 e. The average Bonchev–Trinajstić information content (AvgIpc) is 3.37. The maximum absolute atomic E-state index is 12.7. The highest BCUT2D eigenvalue weighted by molar-refractivity contribution is 7.13. The normalized spacial score (nSPS) is 17.1. The van der Waals surface area contributed by atoms with E-state index >= 15 is 0 Å². The van der Waals surface area contributed by atoms with Crippen LogP contribution in [-0.2, 0) is 7.05 Å². The summed E-state index contributed by atoms with van der Waals surface area (Å²) >= 11 is 1.67. The summed E-state index contributed by atoms with van der Waals surface area (Å²) in [6.07, 6.45) is 4.10. The van der Waals surface area contributed by atoms with E-state index in [2.05, 4.69) is 20.3 Å². The van der Waals surface area contributed by atoms with Crippen molar-refractivity contribution in [2.24, 2.45) is 13.0 Å². The van der Waals surface area contributed by atoms with Crippen molar-refractivity contribution in [1.29, 1.82) is 0 Å². The first-order chi connectivity index (χ1) is 13.2. The van der Waals surface area contributed by atoms with Crippen LogP contribution in [0.5, 0.6) is 0 Å². The van der Waals surface area contributed by atoms with Gasteiger partial charge in [0, 0.05) is 43.8 Å². The third-order valence-corrected chi connectivity index (χ3v) is 5.77. The van der Waals surface area contributed by atoms with Crippen LogP contribution in [0.4, 0.5) is 5.13 Å². The van der Waals surface area contributed by atoms with Crippen molar-refractivity contribution in [3.05, 3.63) is 53.7 Å². The van der Waals surface area contributed by atoms with Crippen LogP contribution in [0.15, 0.2) is 48.0 Å². The number of carbonyl (C=O) groups is 1. The largest absolute Gasteiger partial charge is 0.350 e. The van der Waals surface area contributed by atoms with Crippen molar-refractivity contribution in [2.45, 2.75) is 12.8 Å². The van der Waals surface area contributed by atoms with Crippen molar-refractivity contribution in [2.75, 3.05) is 24.5 Å². The molecule has 140 valence electrons. The van der Waals surface area contributed by atoms with E-state index < -0.39 is 0 Å². The lowest BCUT2D eigenvalue weighted by molar-refractivity contribution is 0.0936. The van der Waals surface area contributed by atoms with Crippen LogP contribution >= 0.6 is 11.3 Å². The van der Waals surface area contributed by atoms with Gasteiger partial charge in [-0.2, -0.15) is 5.10 Å². The van der Waals surface area contributed by atoms with Gasteiger partial charge in [-0.15, -0.1) is 11.3 Å². The number of aryl methyl sites for hydroxylation is 1. The lowest BCUT2D eigenvalue weighted by Gasteiger charge is -2.32. The Hall–Kier alpha value is -2.67. The van der Waals surface area contributed by atoms with Crippen molar-refractivity contribution < 1.29 is 4.79 Å². The molecule has 1 amide bonds. The molecule has 1 fully saturated rings. The Morgan fingerprint density at radius 2 is 2.19 bits per heavy atom. The number of rotatable bonds is 5. The van der Waals surface area contributed by atoms with Gasteiger partial charge in [0.15, 0.2) is 5.13 Å². The Morgan fingerprint density at radius 3 is 2.96 bits per heavy atom. The average molecular weight is 382 g/mol. The molecule has 3 aromatic rings. The molecule has 6 nitrogen and oxygen atoms in total. The minimum Gasteiger partial charge on any atom is -0.350 e. The molecule has 7 heteroatoms. The van der Waals surface area contributed by atoms with E-state index in [0.29, 0.717) is 18.2 Å². The molecule has 1 N–H and O–H groups in total. The van der Waals surface area contributed by atoms with Crippen LogP contribution in [-0.4, -0.2) is 40.3 Å². The summed E-state index contributed by atoms with van der Waals surface area (Å²) in [7, 11) is 1.81. The number of hydrogen-bond donors (Lipinski definition) is 1. The molecular weight excluding hydrogens is 358 g/mol. The number of piperidine rings is 1. The molecule has 3 heterocycles. The number of aromatic nitrogens is 3. The van der Waals surface area contributed by atoms with Crippen molar-refractivity contribution in [3.63, 3.8) is 0 Å². The zero-order valence-corrected chi connectivity index (χ0v) is 16.2. The first-order valence-electron chi connectivity index (χ1n) is 9.23. The maximum atomic E-state index is 12.7. The molecule has 1 aromatic carbocycles. The van der Waals surface area contributed by atoms with E-state index in [9.17, 15) is 4.79 Å². The van der Waals surface area contributed by atoms with Gasteiger partial charge in [0.25, 0.3) is 5.91 Å². The summed E-state index contributed by atoms with van der Waals surface area (Å²) in [6, 6.07) is 11.8. The first-order valence-corrected chi connectivity index (χ1v) is 10.1. The fourth-order valence-electron chi connectivity index (χ4n) is 3.53. The van der Waals surface area contributed by atoms with Crippen LogP contribution < -0.4 is 10.2 Å². The van der Waals surface area contributed by atoms with Crippen molar-refractivity contribution >= 4 is 22.4 Å². The summed E-state index contributed by atoms with van der Waals surface area (Å²) in [5.74, 6) is 0.368. The van der Waals surface area contributed by atoms with Gasteiger partial charge >= 0.3 is 0 Å². The van der Waals surface area contributed by atoms with Gasteiger partial charge in [0.05, 0.1) is 5.69 Å². The van der Waals surface area contributed by atoms with Crippen LogP contribution in [0.2, 0.25) is 0 Å². The van der Waals surface area contributed by atoms with Gasteiger partial charge in [0.1, 0.15) is 5.69 Å².